The lowest BCUT2D eigenvalue weighted by Crippen LogP contribution is -2.47. The van der Waals surface area contributed by atoms with Crippen molar-refractivity contribution in [3.63, 3.8) is 0 Å². The topological polar surface area (TPSA) is 71.9 Å². The minimum absolute atomic E-state index is 0.0367. The zero-order valence-electron chi connectivity index (χ0n) is 13.6. The normalized spacial score (nSPS) is 22.3. The minimum Gasteiger partial charge on any atom is -0.481 e. The van der Waals surface area contributed by atoms with E-state index in [0.29, 0.717) is 25.4 Å². The Morgan fingerprint density at radius 1 is 1.36 bits per heavy atom. The highest BCUT2D eigenvalue weighted by atomic mass is 16.6. The van der Waals surface area contributed by atoms with Crippen LogP contribution in [0.2, 0.25) is 0 Å². The number of β-amino-alcohol motifs (C(OH)–C–C–N with tert-alkyl or cyclic N) is 1. The van der Waals surface area contributed by atoms with Gasteiger partial charge in [-0.3, -0.25) is 0 Å². The number of aliphatic hydroxyl groups excluding tert-OH is 1. The number of amides is 1. The molecule has 1 aliphatic heterocycles. The van der Waals surface area contributed by atoms with Crippen molar-refractivity contribution in [3.8, 4) is 5.88 Å². The predicted octanol–water partition coefficient (Wildman–Crippen LogP) is 2.18. The number of aromatic nitrogens is 1. The van der Waals surface area contributed by atoms with Gasteiger partial charge in [-0.25, -0.2) is 9.78 Å². The van der Waals surface area contributed by atoms with Gasteiger partial charge in [0.2, 0.25) is 5.88 Å². The first-order valence-electron chi connectivity index (χ1n) is 7.44. The highest BCUT2D eigenvalue weighted by Gasteiger charge is 2.32. The molecular weight excluding hydrogens is 284 g/mol. The lowest BCUT2D eigenvalue weighted by Gasteiger charge is -2.36. The van der Waals surface area contributed by atoms with Crippen molar-refractivity contribution >= 4 is 6.09 Å². The average molecular weight is 308 g/mol. The predicted molar refractivity (Wildman–Crippen MR) is 82.0 cm³/mol. The van der Waals surface area contributed by atoms with Crippen LogP contribution >= 0.6 is 0 Å². The highest BCUT2D eigenvalue weighted by molar-refractivity contribution is 5.68. The molecule has 0 spiro atoms. The fraction of sp³-hybridized carbons (Fsp3) is 0.625. The van der Waals surface area contributed by atoms with Gasteiger partial charge in [0.25, 0.3) is 0 Å². The molecule has 1 amide bonds. The highest BCUT2D eigenvalue weighted by Crippen LogP contribution is 2.28. The van der Waals surface area contributed by atoms with Crippen LogP contribution in [0.5, 0.6) is 5.88 Å². The molecule has 2 atom stereocenters. The Morgan fingerprint density at radius 2 is 2.09 bits per heavy atom. The molecule has 0 unspecified atom stereocenters. The summed E-state index contributed by atoms with van der Waals surface area (Å²) in [5, 5.41) is 10.1. The van der Waals surface area contributed by atoms with E-state index in [1.807, 2.05) is 26.8 Å². The summed E-state index contributed by atoms with van der Waals surface area (Å²) in [4.78, 5) is 17.9. The smallest absolute Gasteiger partial charge is 0.410 e. The van der Waals surface area contributed by atoms with Crippen LogP contribution in [-0.2, 0) is 4.74 Å². The van der Waals surface area contributed by atoms with Gasteiger partial charge in [0, 0.05) is 31.3 Å². The molecule has 6 nitrogen and oxygen atoms in total. The molecule has 1 fully saturated rings. The third-order valence-electron chi connectivity index (χ3n) is 3.52. The second kappa shape index (κ2) is 6.52. The maximum Gasteiger partial charge on any atom is 0.410 e. The van der Waals surface area contributed by atoms with E-state index in [-0.39, 0.29) is 5.92 Å². The van der Waals surface area contributed by atoms with Crippen molar-refractivity contribution in [1.29, 1.82) is 0 Å². The molecule has 22 heavy (non-hydrogen) atoms. The molecule has 6 heteroatoms. The second-order valence-corrected chi connectivity index (χ2v) is 6.61. The number of pyridine rings is 1. The maximum absolute atomic E-state index is 12.2. The molecule has 0 aliphatic carbocycles. The Labute approximate surface area is 131 Å². The number of piperidine rings is 1. The van der Waals surface area contributed by atoms with Crippen LogP contribution in [0.25, 0.3) is 0 Å². The van der Waals surface area contributed by atoms with Crippen molar-refractivity contribution in [3.05, 3.63) is 23.9 Å². The molecule has 0 saturated carbocycles. The standard InChI is InChI=1S/C16H24N2O4/c1-16(2,3)22-15(20)18-9-12(7-13(19)10-18)11-5-6-14(21-4)17-8-11/h5-6,8,12-13,19H,7,9-10H2,1-4H3/t12-,13+/m1/s1. The molecule has 1 aliphatic rings. The third kappa shape index (κ3) is 4.34. The number of hydrogen-bond acceptors (Lipinski definition) is 5. The molecule has 122 valence electrons. The number of aliphatic hydroxyl groups is 1. The van der Waals surface area contributed by atoms with Crippen LogP contribution in [0.3, 0.4) is 0 Å². The van der Waals surface area contributed by atoms with Crippen LogP contribution in [0.1, 0.15) is 38.7 Å². The Balaban J connectivity index is 2.08. The number of carbonyl (C=O) groups is 1. The van der Waals surface area contributed by atoms with Crippen molar-refractivity contribution < 1.29 is 19.4 Å². The number of rotatable bonds is 2. The van der Waals surface area contributed by atoms with E-state index in [2.05, 4.69) is 4.98 Å². The Kier molecular flexibility index (Phi) is 4.90. The summed E-state index contributed by atoms with van der Waals surface area (Å²) in [7, 11) is 1.57. The summed E-state index contributed by atoms with van der Waals surface area (Å²) in [5.41, 5.74) is 0.435. The van der Waals surface area contributed by atoms with Gasteiger partial charge in [0.05, 0.1) is 13.2 Å². The number of likely N-dealkylation sites (tertiary alicyclic amines) is 1. The van der Waals surface area contributed by atoms with E-state index >= 15 is 0 Å². The summed E-state index contributed by atoms with van der Waals surface area (Å²) in [6.45, 7) is 6.30. The SMILES string of the molecule is COc1ccc([C@@H]2C[C@H](O)CN(C(=O)OC(C)(C)C)C2)cn1. The molecular formula is C16H24N2O4. The monoisotopic (exact) mass is 308 g/mol. The van der Waals surface area contributed by atoms with Crippen molar-refractivity contribution in [2.75, 3.05) is 20.2 Å². The quantitative estimate of drug-likeness (QED) is 0.906. The first kappa shape index (κ1) is 16.5. The Hall–Kier alpha value is -1.82. The molecule has 1 aromatic heterocycles. The van der Waals surface area contributed by atoms with Crippen LogP contribution < -0.4 is 4.74 Å². The number of nitrogens with zero attached hydrogens (tertiary/aromatic N) is 2. The third-order valence-corrected chi connectivity index (χ3v) is 3.52. The number of carbonyl (C=O) groups excluding carboxylic acids is 1. The van der Waals surface area contributed by atoms with E-state index in [9.17, 15) is 9.90 Å². The first-order valence-corrected chi connectivity index (χ1v) is 7.44. The molecule has 2 heterocycles. The molecule has 1 aromatic rings. The fourth-order valence-electron chi connectivity index (χ4n) is 2.54. The van der Waals surface area contributed by atoms with E-state index < -0.39 is 17.8 Å². The fourth-order valence-corrected chi connectivity index (χ4v) is 2.54. The number of hydrogen-bond donors (Lipinski definition) is 1. The van der Waals surface area contributed by atoms with Gasteiger partial charge in [-0.15, -0.1) is 0 Å². The van der Waals surface area contributed by atoms with E-state index in [0.717, 1.165) is 5.56 Å². The van der Waals surface area contributed by atoms with Gasteiger partial charge in [-0.05, 0) is 32.8 Å². The van der Waals surface area contributed by atoms with Gasteiger partial charge in [0.1, 0.15) is 5.60 Å². The molecule has 1 saturated heterocycles. The zero-order valence-corrected chi connectivity index (χ0v) is 13.6. The average Bonchev–Trinajstić information content (AvgIpc) is 2.45. The molecule has 0 aromatic carbocycles. The maximum atomic E-state index is 12.2. The Bertz CT molecular complexity index is 510. The molecule has 0 bridgehead atoms. The molecule has 0 radical (unpaired) electrons. The van der Waals surface area contributed by atoms with Crippen molar-refractivity contribution in [2.45, 2.75) is 44.8 Å². The molecule has 2 rings (SSSR count). The molecule has 1 N–H and O–H groups in total. The van der Waals surface area contributed by atoms with Crippen LogP contribution in [-0.4, -0.2) is 53.0 Å². The van der Waals surface area contributed by atoms with Gasteiger partial charge < -0.3 is 19.5 Å². The van der Waals surface area contributed by atoms with E-state index in [1.54, 1.807) is 24.3 Å². The van der Waals surface area contributed by atoms with Gasteiger partial charge in [-0.2, -0.15) is 0 Å². The minimum atomic E-state index is -0.562. The largest absolute Gasteiger partial charge is 0.481 e. The van der Waals surface area contributed by atoms with Crippen LogP contribution in [0.15, 0.2) is 18.3 Å². The lowest BCUT2D eigenvalue weighted by molar-refractivity contribution is -0.0000961. The van der Waals surface area contributed by atoms with Crippen molar-refractivity contribution in [1.82, 2.24) is 9.88 Å². The second-order valence-electron chi connectivity index (χ2n) is 6.61. The summed E-state index contributed by atoms with van der Waals surface area (Å²) < 4.78 is 10.4. The number of methoxy groups -OCH3 is 1. The van der Waals surface area contributed by atoms with E-state index in [4.69, 9.17) is 9.47 Å². The van der Waals surface area contributed by atoms with Gasteiger partial charge in [-0.1, -0.05) is 6.07 Å². The van der Waals surface area contributed by atoms with Crippen LogP contribution in [0.4, 0.5) is 4.79 Å². The lowest BCUT2D eigenvalue weighted by atomic mass is 9.90. The summed E-state index contributed by atoms with van der Waals surface area (Å²) in [5.74, 6) is 0.582. The van der Waals surface area contributed by atoms with Gasteiger partial charge in [0.15, 0.2) is 0 Å². The van der Waals surface area contributed by atoms with Crippen molar-refractivity contribution in [2.24, 2.45) is 0 Å². The summed E-state index contributed by atoms with van der Waals surface area (Å²) >= 11 is 0. The van der Waals surface area contributed by atoms with E-state index in [1.165, 1.54) is 0 Å². The van der Waals surface area contributed by atoms with Gasteiger partial charge >= 0.3 is 6.09 Å². The summed E-state index contributed by atoms with van der Waals surface area (Å²) in [6.07, 6.45) is 1.38. The Morgan fingerprint density at radius 3 is 2.64 bits per heavy atom. The zero-order chi connectivity index (χ0) is 16.3. The first-order chi connectivity index (χ1) is 10.3. The number of ether oxygens (including phenoxy) is 2. The van der Waals surface area contributed by atoms with Crippen LogP contribution in [0, 0.1) is 0 Å². The summed E-state index contributed by atoms with van der Waals surface area (Å²) in [6, 6.07) is 3.70.